The van der Waals surface area contributed by atoms with E-state index in [4.69, 9.17) is 9.72 Å². The monoisotopic (exact) mass is 270 g/mol. The van der Waals surface area contributed by atoms with Crippen LogP contribution in [0.5, 0.6) is 0 Å². The molecule has 0 spiro atoms. The number of nitrogens with zero attached hydrogens (tertiary/aromatic N) is 1. The number of ether oxygens (including phenoxy) is 1. The van der Waals surface area contributed by atoms with Crippen molar-refractivity contribution in [3.63, 3.8) is 0 Å². The maximum Gasteiger partial charge on any atom is 0.122 e. The first-order valence-corrected chi connectivity index (χ1v) is 7.77. The molecule has 1 heterocycles. The normalized spacial score (nSPS) is 13.2. The molecule has 1 unspecified atom stereocenters. The van der Waals surface area contributed by atoms with Crippen molar-refractivity contribution in [1.29, 1.82) is 0 Å². The number of aromatic nitrogens is 1. The van der Waals surface area contributed by atoms with Crippen LogP contribution in [-0.4, -0.2) is 17.6 Å². The Balaban J connectivity index is 2.81. The van der Waals surface area contributed by atoms with Crippen molar-refractivity contribution in [2.75, 3.05) is 6.61 Å². The van der Waals surface area contributed by atoms with E-state index in [1.807, 2.05) is 6.92 Å². The van der Waals surface area contributed by atoms with Crippen molar-refractivity contribution in [1.82, 2.24) is 10.3 Å². The van der Waals surface area contributed by atoms with E-state index >= 15 is 0 Å². The number of hydrogen-bond donors (Lipinski definition) is 1. The highest BCUT2D eigenvalue weighted by Gasteiger charge is 2.17. The molecule has 1 rings (SSSR count). The lowest BCUT2D eigenvalue weighted by Gasteiger charge is -2.11. The van der Waals surface area contributed by atoms with E-state index in [1.165, 1.54) is 10.6 Å². The van der Waals surface area contributed by atoms with Crippen LogP contribution >= 0.6 is 11.3 Å². The van der Waals surface area contributed by atoms with Gasteiger partial charge in [-0.15, -0.1) is 11.3 Å². The molecule has 0 saturated carbocycles. The lowest BCUT2D eigenvalue weighted by molar-refractivity contribution is 0.0595. The van der Waals surface area contributed by atoms with Gasteiger partial charge in [0, 0.05) is 24.1 Å². The molecule has 0 bridgehead atoms. The molecule has 4 heteroatoms. The minimum Gasteiger partial charge on any atom is -0.371 e. The van der Waals surface area contributed by atoms with Gasteiger partial charge in [-0.3, -0.25) is 0 Å². The summed E-state index contributed by atoms with van der Waals surface area (Å²) in [6, 6.07) is 0.508. The number of rotatable bonds is 8. The smallest absolute Gasteiger partial charge is 0.122 e. The summed E-state index contributed by atoms with van der Waals surface area (Å²) < 4.78 is 5.74. The third-order valence-electron chi connectivity index (χ3n) is 2.81. The fraction of sp³-hybridized carbons (Fsp3) is 0.786. The Labute approximate surface area is 115 Å². The summed E-state index contributed by atoms with van der Waals surface area (Å²) >= 11 is 1.80. The lowest BCUT2D eigenvalue weighted by Crippen LogP contribution is -2.21. The fourth-order valence-corrected chi connectivity index (χ4v) is 3.05. The zero-order valence-electron chi connectivity index (χ0n) is 12.2. The average molecular weight is 270 g/mol. The molecular formula is C14H26N2OS. The number of hydrogen-bond acceptors (Lipinski definition) is 4. The highest BCUT2D eigenvalue weighted by molar-refractivity contribution is 7.11. The van der Waals surface area contributed by atoms with Crippen LogP contribution in [0.15, 0.2) is 0 Å². The molecule has 0 radical (unpaired) electrons. The van der Waals surface area contributed by atoms with Gasteiger partial charge >= 0.3 is 0 Å². The molecule has 0 aliphatic heterocycles. The molecule has 1 aromatic rings. The summed E-state index contributed by atoms with van der Waals surface area (Å²) in [6.45, 7) is 12.4. The van der Waals surface area contributed by atoms with E-state index < -0.39 is 0 Å². The maximum absolute atomic E-state index is 5.74. The van der Waals surface area contributed by atoms with Gasteiger partial charge in [0.05, 0.1) is 5.69 Å². The minimum absolute atomic E-state index is 0.165. The van der Waals surface area contributed by atoms with Crippen molar-refractivity contribution in [2.45, 2.75) is 66.2 Å². The SMILES string of the molecule is CCOC(CC)c1nc(CC)c(CNC(C)C)s1. The van der Waals surface area contributed by atoms with Gasteiger partial charge in [-0.05, 0) is 19.8 Å². The van der Waals surface area contributed by atoms with E-state index in [2.05, 4.69) is 33.0 Å². The molecule has 1 atom stereocenters. The highest BCUT2D eigenvalue weighted by atomic mass is 32.1. The van der Waals surface area contributed by atoms with Crippen LogP contribution in [0.3, 0.4) is 0 Å². The van der Waals surface area contributed by atoms with Crippen molar-refractivity contribution < 1.29 is 4.74 Å². The van der Waals surface area contributed by atoms with E-state index in [1.54, 1.807) is 11.3 Å². The molecule has 0 amide bonds. The number of thiazole rings is 1. The van der Waals surface area contributed by atoms with Crippen LogP contribution in [0.25, 0.3) is 0 Å². The fourth-order valence-electron chi connectivity index (χ4n) is 1.82. The minimum atomic E-state index is 0.165. The number of nitrogens with one attached hydrogen (secondary N) is 1. The van der Waals surface area contributed by atoms with E-state index in [0.29, 0.717) is 6.04 Å². The zero-order valence-corrected chi connectivity index (χ0v) is 13.1. The highest BCUT2D eigenvalue weighted by Crippen LogP contribution is 2.28. The predicted octanol–water partition coefficient (Wildman–Crippen LogP) is 3.69. The molecule has 0 fully saturated rings. The van der Waals surface area contributed by atoms with Gasteiger partial charge in [0.25, 0.3) is 0 Å². The second kappa shape index (κ2) is 7.87. The topological polar surface area (TPSA) is 34.1 Å². The van der Waals surface area contributed by atoms with Gasteiger partial charge < -0.3 is 10.1 Å². The van der Waals surface area contributed by atoms with Crippen LogP contribution in [0, 0.1) is 0 Å². The largest absolute Gasteiger partial charge is 0.371 e. The van der Waals surface area contributed by atoms with Gasteiger partial charge in [0.2, 0.25) is 0 Å². The van der Waals surface area contributed by atoms with Gasteiger partial charge in [-0.1, -0.05) is 27.7 Å². The second-order valence-electron chi connectivity index (χ2n) is 4.66. The molecule has 0 aromatic carbocycles. The zero-order chi connectivity index (χ0) is 13.5. The molecule has 1 N–H and O–H groups in total. The Morgan fingerprint density at radius 1 is 1.28 bits per heavy atom. The summed E-state index contributed by atoms with van der Waals surface area (Å²) in [5.41, 5.74) is 1.22. The molecule has 1 aromatic heterocycles. The summed E-state index contributed by atoms with van der Waals surface area (Å²) in [7, 11) is 0. The second-order valence-corrected chi connectivity index (χ2v) is 5.78. The average Bonchev–Trinajstić information content (AvgIpc) is 2.76. The van der Waals surface area contributed by atoms with Crippen LogP contribution < -0.4 is 5.32 Å². The van der Waals surface area contributed by atoms with Crippen molar-refractivity contribution >= 4 is 11.3 Å². The summed E-state index contributed by atoms with van der Waals surface area (Å²) in [4.78, 5) is 6.11. The number of aryl methyl sites for hydroxylation is 1. The van der Waals surface area contributed by atoms with E-state index in [9.17, 15) is 0 Å². The Morgan fingerprint density at radius 3 is 2.50 bits per heavy atom. The van der Waals surface area contributed by atoms with Crippen molar-refractivity contribution in [2.24, 2.45) is 0 Å². The first-order chi connectivity index (χ1) is 8.62. The molecule has 0 aliphatic carbocycles. The van der Waals surface area contributed by atoms with E-state index in [-0.39, 0.29) is 6.10 Å². The van der Waals surface area contributed by atoms with Crippen LogP contribution in [0.4, 0.5) is 0 Å². The third kappa shape index (κ3) is 4.34. The van der Waals surface area contributed by atoms with Crippen molar-refractivity contribution in [3.05, 3.63) is 15.6 Å². The Morgan fingerprint density at radius 2 is 2.00 bits per heavy atom. The quantitative estimate of drug-likeness (QED) is 0.782. The first-order valence-electron chi connectivity index (χ1n) is 6.95. The van der Waals surface area contributed by atoms with Crippen molar-refractivity contribution in [3.8, 4) is 0 Å². The van der Waals surface area contributed by atoms with Gasteiger partial charge in [0.1, 0.15) is 11.1 Å². The van der Waals surface area contributed by atoms with Gasteiger partial charge in [0.15, 0.2) is 0 Å². The Kier molecular flexibility index (Phi) is 6.82. The van der Waals surface area contributed by atoms with Crippen LogP contribution in [0.2, 0.25) is 0 Å². The van der Waals surface area contributed by atoms with Crippen LogP contribution in [0.1, 0.15) is 62.7 Å². The lowest BCUT2D eigenvalue weighted by atomic mass is 10.2. The molecule has 18 heavy (non-hydrogen) atoms. The Hall–Kier alpha value is -0.450. The molecule has 0 saturated heterocycles. The standard InChI is InChI=1S/C14H26N2OS/c1-6-11-13(9-15-10(4)5)18-14(16-11)12(7-2)17-8-3/h10,12,15H,6-9H2,1-5H3. The third-order valence-corrected chi connectivity index (χ3v) is 4.00. The maximum atomic E-state index is 5.74. The predicted molar refractivity (Wildman–Crippen MR) is 78.1 cm³/mol. The van der Waals surface area contributed by atoms with E-state index in [0.717, 1.165) is 31.0 Å². The summed E-state index contributed by atoms with van der Waals surface area (Å²) in [5, 5.41) is 4.60. The van der Waals surface area contributed by atoms with Crippen LogP contribution in [-0.2, 0) is 17.7 Å². The molecule has 0 aliphatic rings. The van der Waals surface area contributed by atoms with Gasteiger partial charge in [-0.25, -0.2) is 4.98 Å². The summed E-state index contributed by atoms with van der Waals surface area (Å²) in [5.74, 6) is 0. The van der Waals surface area contributed by atoms with Gasteiger partial charge in [-0.2, -0.15) is 0 Å². The first kappa shape index (κ1) is 15.6. The summed E-state index contributed by atoms with van der Waals surface area (Å²) in [6.07, 6.45) is 2.15. The molecule has 104 valence electrons. The Bertz CT molecular complexity index is 350. The molecule has 3 nitrogen and oxygen atoms in total. The molecular weight excluding hydrogens is 244 g/mol.